The highest BCUT2D eigenvalue weighted by molar-refractivity contribution is 6.48. The molecule has 2 aromatic carbocycles. The van der Waals surface area contributed by atoms with E-state index in [1.54, 1.807) is 20.8 Å². The van der Waals surface area contributed by atoms with E-state index in [4.69, 9.17) is 39.5 Å². The number of alkyl carbamates (subject to hydrolysis) is 1. The Morgan fingerprint density at radius 1 is 1.03 bits per heavy atom. The summed E-state index contributed by atoms with van der Waals surface area (Å²) >= 11 is 17.8. The molecule has 1 amide bonds. The summed E-state index contributed by atoms with van der Waals surface area (Å²) in [4.78, 5) is 13.1. The highest BCUT2D eigenvalue weighted by Crippen LogP contribution is 2.50. The molecule has 0 aliphatic carbocycles. The van der Waals surface area contributed by atoms with Crippen molar-refractivity contribution < 1.29 is 35.9 Å². The van der Waals surface area contributed by atoms with Gasteiger partial charge in [-0.1, -0.05) is 40.9 Å². The van der Waals surface area contributed by atoms with Crippen LogP contribution < -0.4 is 10.2 Å². The van der Waals surface area contributed by atoms with Crippen LogP contribution in [0.4, 0.5) is 36.8 Å². The molecule has 13 heteroatoms. The number of hydrogen-bond acceptors (Lipinski definition) is 3. The minimum absolute atomic E-state index is 0.0625. The second-order valence-electron chi connectivity index (χ2n) is 9.80. The lowest BCUT2D eigenvalue weighted by molar-refractivity contribution is -0.184. The number of carbonyl (C=O) groups is 1. The molecule has 1 heterocycles. The molecule has 37 heavy (non-hydrogen) atoms. The number of carbonyl (C=O) groups excluding carboxylic acids is 1. The molecule has 1 N–H and O–H groups in total. The number of alkyl halides is 6. The van der Waals surface area contributed by atoms with Crippen LogP contribution in [0, 0.1) is 0 Å². The van der Waals surface area contributed by atoms with Gasteiger partial charge in [0.1, 0.15) is 12.0 Å². The van der Waals surface area contributed by atoms with Gasteiger partial charge in [-0.3, -0.25) is 0 Å². The van der Waals surface area contributed by atoms with E-state index in [0.29, 0.717) is 0 Å². The van der Waals surface area contributed by atoms with Gasteiger partial charge >= 0.3 is 18.4 Å². The van der Waals surface area contributed by atoms with Crippen LogP contribution in [0.3, 0.4) is 0 Å². The van der Waals surface area contributed by atoms with E-state index in [1.807, 2.05) is 0 Å². The van der Waals surface area contributed by atoms with Crippen molar-refractivity contribution in [3.05, 3.63) is 62.1 Å². The predicted molar refractivity (Wildman–Crippen MR) is 131 cm³/mol. The third kappa shape index (κ3) is 6.52. The third-order valence-electron chi connectivity index (χ3n) is 5.95. The Hall–Kier alpha value is -2.04. The number of nitrogens with zero attached hydrogens (tertiary/aromatic N) is 1. The first kappa shape index (κ1) is 29.5. The Kier molecular flexibility index (Phi) is 8.19. The molecule has 1 fully saturated rings. The number of ether oxygens (including phenoxy) is 1. The Balaban J connectivity index is 1.93. The average molecular weight is 592 g/mol. The fourth-order valence-corrected chi connectivity index (χ4v) is 4.73. The molecule has 0 aromatic heterocycles. The van der Waals surface area contributed by atoms with E-state index < -0.39 is 54.5 Å². The van der Waals surface area contributed by atoms with Crippen molar-refractivity contribution in [2.24, 2.45) is 0 Å². The third-order valence-corrected chi connectivity index (χ3v) is 7.14. The molecule has 3 rings (SSSR count). The number of amides is 1. The van der Waals surface area contributed by atoms with Crippen LogP contribution in [-0.4, -0.2) is 30.9 Å². The highest BCUT2D eigenvalue weighted by Gasteiger charge is 2.59. The number of benzene rings is 2. The average Bonchev–Trinajstić information content (AvgIpc) is 3.21. The minimum atomic E-state index is -4.84. The number of rotatable bonds is 4. The molecule has 0 spiro atoms. The van der Waals surface area contributed by atoms with E-state index in [1.165, 1.54) is 11.0 Å². The molecular weight excluding hydrogens is 569 g/mol. The molecule has 1 unspecified atom stereocenters. The molecule has 1 atom stereocenters. The first-order valence-electron chi connectivity index (χ1n) is 11.0. The van der Waals surface area contributed by atoms with Gasteiger partial charge in [-0.05, 0) is 57.0 Å². The largest absolute Gasteiger partial charge is 0.445 e. The molecule has 1 aliphatic heterocycles. The summed E-state index contributed by atoms with van der Waals surface area (Å²) in [5, 5.41) is 2.05. The number of halogens is 9. The van der Waals surface area contributed by atoms with Gasteiger partial charge < -0.3 is 15.0 Å². The van der Waals surface area contributed by atoms with Crippen LogP contribution in [0.2, 0.25) is 15.1 Å². The summed E-state index contributed by atoms with van der Waals surface area (Å²) < 4.78 is 89.7. The van der Waals surface area contributed by atoms with Crippen LogP contribution in [0.15, 0.2) is 30.3 Å². The topological polar surface area (TPSA) is 41.6 Å². The van der Waals surface area contributed by atoms with Crippen LogP contribution in [0.25, 0.3) is 0 Å². The number of nitrogens with one attached hydrogen (secondary N) is 1. The molecular formula is C24H23Cl3F6N2O2. The zero-order chi connectivity index (χ0) is 28.0. The summed E-state index contributed by atoms with van der Waals surface area (Å²) in [7, 11) is 0. The van der Waals surface area contributed by atoms with Gasteiger partial charge in [0.05, 0.1) is 20.6 Å². The first-order chi connectivity index (χ1) is 16.8. The van der Waals surface area contributed by atoms with E-state index >= 15 is 0 Å². The Morgan fingerprint density at radius 3 is 2.14 bits per heavy atom. The van der Waals surface area contributed by atoms with Crippen molar-refractivity contribution in [3.63, 3.8) is 0 Å². The molecule has 0 radical (unpaired) electrons. The van der Waals surface area contributed by atoms with Crippen molar-refractivity contribution in [3.8, 4) is 0 Å². The van der Waals surface area contributed by atoms with Gasteiger partial charge in [-0.2, -0.15) is 26.3 Å². The second kappa shape index (κ2) is 10.3. The van der Waals surface area contributed by atoms with Crippen molar-refractivity contribution in [2.75, 3.05) is 18.0 Å². The predicted octanol–water partition coefficient (Wildman–Crippen LogP) is 8.40. The Bertz CT molecular complexity index is 1160. The molecule has 1 saturated heterocycles. The molecule has 2 aromatic rings. The summed E-state index contributed by atoms with van der Waals surface area (Å²) in [6.07, 6.45) is -10.9. The summed E-state index contributed by atoms with van der Waals surface area (Å²) in [6, 6.07) is 5.28. The molecule has 0 saturated carbocycles. The Labute approximate surface area is 224 Å². The van der Waals surface area contributed by atoms with E-state index in [-0.39, 0.29) is 38.4 Å². The molecule has 1 aliphatic rings. The van der Waals surface area contributed by atoms with E-state index in [2.05, 4.69) is 5.32 Å². The van der Waals surface area contributed by atoms with Gasteiger partial charge in [-0.25, -0.2) is 4.79 Å². The lowest BCUT2D eigenvalue weighted by atomic mass is 9.79. The van der Waals surface area contributed by atoms with E-state index in [9.17, 15) is 31.1 Å². The van der Waals surface area contributed by atoms with Crippen LogP contribution in [0.5, 0.6) is 0 Å². The molecule has 0 bridgehead atoms. The lowest BCUT2D eigenvalue weighted by Crippen LogP contribution is -2.45. The van der Waals surface area contributed by atoms with Crippen LogP contribution >= 0.6 is 34.8 Å². The summed E-state index contributed by atoms with van der Waals surface area (Å²) in [5.74, 6) is 0. The second-order valence-corrected chi connectivity index (χ2v) is 11.0. The monoisotopic (exact) mass is 590 g/mol. The number of hydrogen-bond donors (Lipinski definition) is 1. The van der Waals surface area contributed by atoms with Crippen molar-refractivity contribution >= 4 is 46.6 Å². The zero-order valence-corrected chi connectivity index (χ0v) is 22.1. The van der Waals surface area contributed by atoms with Crippen LogP contribution in [-0.2, 0) is 22.9 Å². The maximum Gasteiger partial charge on any atom is 0.416 e. The quantitative estimate of drug-likeness (QED) is 0.287. The van der Waals surface area contributed by atoms with E-state index in [0.717, 1.165) is 24.3 Å². The Morgan fingerprint density at radius 2 is 1.62 bits per heavy atom. The fourth-order valence-electron chi connectivity index (χ4n) is 4.13. The van der Waals surface area contributed by atoms with Crippen LogP contribution in [0.1, 0.15) is 43.9 Å². The van der Waals surface area contributed by atoms with Crippen molar-refractivity contribution in [1.29, 1.82) is 0 Å². The highest BCUT2D eigenvalue weighted by atomic mass is 35.5. The van der Waals surface area contributed by atoms with Crippen molar-refractivity contribution in [1.82, 2.24) is 5.32 Å². The zero-order valence-electron chi connectivity index (χ0n) is 19.9. The molecule has 204 valence electrons. The number of anilines is 1. The maximum atomic E-state index is 14.4. The fraction of sp³-hybridized carbons (Fsp3) is 0.458. The SMILES string of the molecule is CC(C)(C)NC(=O)OCc1ccc(N2CCC(c3cc(Cl)c(Cl)c(Cl)c3)(C(F)(F)F)C2)cc1C(F)(F)F. The van der Waals surface area contributed by atoms with Gasteiger partial charge in [0.25, 0.3) is 0 Å². The lowest BCUT2D eigenvalue weighted by Gasteiger charge is -2.33. The van der Waals surface area contributed by atoms with Gasteiger partial charge in [0.15, 0.2) is 0 Å². The first-order valence-corrected chi connectivity index (χ1v) is 12.1. The summed E-state index contributed by atoms with van der Waals surface area (Å²) in [5.41, 5.74) is -4.84. The van der Waals surface area contributed by atoms with Gasteiger partial charge in [-0.15, -0.1) is 0 Å². The van der Waals surface area contributed by atoms with Gasteiger partial charge in [0, 0.05) is 29.9 Å². The minimum Gasteiger partial charge on any atom is -0.445 e. The van der Waals surface area contributed by atoms with Gasteiger partial charge in [0.2, 0.25) is 0 Å². The standard InChI is InChI=1S/C24H23Cl3F6N2O2/c1-21(2,3)34-20(36)37-11-13-4-5-15(10-16(13)23(28,29)30)35-7-6-22(12-35,24(31,32)33)14-8-17(25)19(27)18(26)9-14/h4-5,8-10H,6-7,11-12H2,1-3H3,(H,34,36). The maximum absolute atomic E-state index is 14.4. The summed E-state index contributed by atoms with van der Waals surface area (Å²) in [6.45, 7) is 3.50. The normalized spacial score (nSPS) is 18.8. The smallest absolute Gasteiger partial charge is 0.416 e. The molecule has 4 nitrogen and oxygen atoms in total. The van der Waals surface area contributed by atoms with Crippen molar-refractivity contribution in [2.45, 2.75) is 57.1 Å².